The molecule has 0 unspecified atom stereocenters. The molecule has 0 atom stereocenters. The predicted molar refractivity (Wildman–Crippen MR) is 85.5 cm³/mol. The average molecular weight is 272 g/mol. The fourth-order valence-electron chi connectivity index (χ4n) is 1.81. The summed E-state index contributed by atoms with van der Waals surface area (Å²) in [5, 5.41) is 3.12. The number of nitrogens with zero attached hydrogens (tertiary/aromatic N) is 1. The van der Waals surface area contributed by atoms with Gasteiger partial charge in [-0.2, -0.15) is 0 Å². The number of hydrogen-bond donors (Lipinski definition) is 1. The van der Waals surface area contributed by atoms with Gasteiger partial charge in [0, 0.05) is 20.0 Å². The number of unbranched alkanes of at least 4 members (excludes halogenated alkanes) is 2. The Balaban J connectivity index is 0. The third-order valence-corrected chi connectivity index (χ3v) is 3.02. The molecule has 0 saturated heterocycles. The molecule has 0 radical (unpaired) electrons. The van der Waals surface area contributed by atoms with Crippen molar-refractivity contribution in [2.24, 2.45) is 5.92 Å². The van der Waals surface area contributed by atoms with Gasteiger partial charge in [-0.3, -0.25) is 4.79 Å². The maximum absolute atomic E-state index is 11.8. The molecule has 0 saturated carbocycles. The molecule has 0 aliphatic heterocycles. The lowest BCUT2D eigenvalue weighted by Crippen LogP contribution is -2.27. The molecule has 0 aromatic rings. The minimum atomic E-state index is 0.304. The number of hydrogen-bond acceptors (Lipinski definition) is 2. The highest BCUT2D eigenvalue weighted by Crippen LogP contribution is 2.06. The lowest BCUT2D eigenvalue weighted by Gasteiger charge is -2.17. The smallest absolute Gasteiger partial charge is 0.222 e. The van der Waals surface area contributed by atoms with E-state index in [1.54, 1.807) is 0 Å². The Bertz CT molecular complexity index is 193. The van der Waals surface area contributed by atoms with Crippen LogP contribution in [0.4, 0.5) is 0 Å². The minimum absolute atomic E-state index is 0.304. The highest BCUT2D eigenvalue weighted by Gasteiger charge is 2.07. The Labute approximate surface area is 121 Å². The summed E-state index contributed by atoms with van der Waals surface area (Å²) in [5.74, 6) is 1.04. The summed E-state index contributed by atoms with van der Waals surface area (Å²) in [6.45, 7) is 10.4. The normalized spacial score (nSPS) is 10.1. The number of amides is 1. The molecular weight excluding hydrogens is 236 g/mol. The van der Waals surface area contributed by atoms with E-state index in [1.807, 2.05) is 32.8 Å². The third kappa shape index (κ3) is 15.4. The number of carbonyl (C=O) groups excluding carboxylic acids is 1. The Morgan fingerprint density at radius 1 is 1.11 bits per heavy atom. The third-order valence-electron chi connectivity index (χ3n) is 3.02. The van der Waals surface area contributed by atoms with Crippen LogP contribution in [0, 0.1) is 5.92 Å². The van der Waals surface area contributed by atoms with E-state index < -0.39 is 0 Å². The zero-order chi connectivity index (χ0) is 15.1. The van der Waals surface area contributed by atoms with Crippen LogP contribution in [0.2, 0.25) is 0 Å². The first-order valence-electron chi connectivity index (χ1n) is 7.96. The molecule has 0 spiro atoms. The molecule has 3 nitrogen and oxygen atoms in total. The van der Waals surface area contributed by atoms with Gasteiger partial charge in [0.25, 0.3) is 0 Å². The van der Waals surface area contributed by atoms with E-state index in [2.05, 4.69) is 19.2 Å². The van der Waals surface area contributed by atoms with Gasteiger partial charge in [0.1, 0.15) is 0 Å². The summed E-state index contributed by atoms with van der Waals surface area (Å²) in [5.41, 5.74) is 0. The predicted octanol–water partition coefficient (Wildman–Crippen LogP) is 3.69. The zero-order valence-corrected chi connectivity index (χ0v) is 14.1. The summed E-state index contributed by atoms with van der Waals surface area (Å²) in [6.07, 6.45) is 6.38. The Morgan fingerprint density at radius 3 is 2.26 bits per heavy atom. The Kier molecular flexibility index (Phi) is 16.9. The molecular formula is C16H36N2O. The molecule has 0 bridgehead atoms. The monoisotopic (exact) mass is 272 g/mol. The molecule has 0 aliphatic rings. The van der Waals surface area contributed by atoms with Crippen LogP contribution in [-0.4, -0.2) is 38.0 Å². The SMILES string of the molecule is CC.CNCCCCCC(=O)N(C)CCCC(C)C. The minimum Gasteiger partial charge on any atom is -0.346 e. The highest BCUT2D eigenvalue weighted by atomic mass is 16.2. The van der Waals surface area contributed by atoms with E-state index in [4.69, 9.17) is 0 Å². The van der Waals surface area contributed by atoms with Crippen LogP contribution in [-0.2, 0) is 4.79 Å². The fraction of sp³-hybridized carbons (Fsp3) is 0.938. The quantitative estimate of drug-likeness (QED) is 0.615. The van der Waals surface area contributed by atoms with Crippen molar-refractivity contribution in [1.29, 1.82) is 0 Å². The number of nitrogens with one attached hydrogen (secondary N) is 1. The maximum atomic E-state index is 11.8. The average Bonchev–Trinajstić information content (AvgIpc) is 2.40. The molecule has 0 rings (SSSR count). The van der Waals surface area contributed by atoms with Crippen molar-refractivity contribution in [3.05, 3.63) is 0 Å². The van der Waals surface area contributed by atoms with E-state index in [0.717, 1.165) is 38.3 Å². The van der Waals surface area contributed by atoms with Crippen LogP contribution in [0.1, 0.15) is 66.2 Å². The van der Waals surface area contributed by atoms with Gasteiger partial charge in [-0.15, -0.1) is 0 Å². The molecule has 0 heterocycles. The zero-order valence-electron chi connectivity index (χ0n) is 14.1. The second kappa shape index (κ2) is 15.5. The number of carbonyl (C=O) groups is 1. The molecule has 0 aromatic carbocycles. The van der Waals surface area contributed by atoms with Gasteiger partial charge in [0.2, 0.25) is 5.91 Å². The lowest BCUT2D eigenvalue weighted by atomic mass is 10.1. The van der Waals surface area contributed by atoms with Gasteiger partial charge in [-0.1, -0.05) is 34.1 Å². The summed E-state index contributed by atoms with van der Waals surface area (Å²) in [7, 11) is 3.89. The number of rotatable bonds is 10. The molecule has 0 aliphatic carbocycles. The summed E-state index contributed by atoms with van der Waals surface area (Å²) >= 11 is 0. The van der Waals surface area contributed by atoms with Gasteiger partial charge in [-0.05, 0) is 45.2 Å². The van der Waals surface area contributed by atoms with Gasteiger partial charge in [0.05, 0.1) is 0 Å². The van der Waals surface area contributed by atoms with E-state index >= 15 is 0 Å². The van der Waals surface area contributed by atoms with Crippen LogP contribution in [0.25, 0.3) is 0 Å². The van der Waals surface area contributed by atoms with E-state index in [0.29, 0.717) is 12.3 Å². The second-order valence-electron chi connectivity index (χ2n) is 5.27. The maximum Gasteiger partial charge on any atom is 0.222 e. The van der Waals surface area contributed by atoms with Crippen molar-refractivity contribution >= 4 is 5.91 Å². The summed E-state index contributed by atoms with van der Waals surface area (Å²) in [4.78, 5) is 13.7. The van der Waals surface area contributed by atoms with Crippen molar-refractivity contribution in [3.63, 3.8) is 0 Å². The van der Waals surface area contributed by atoms with E-state index in [1.165, 1.54) is 12.8 Å². The van der Waals surface area contributed by atoms with Crippen LogP contribution >= 0.6 is 0 Å². The van der Waals surface area contributed by atoms with E-state index in [9.17, 15) is 4.79 Å². The Hall–Kier alpha value is -0.570. The molecule has 19 heavy (non-hydrogen) atoms. The molecule has 3 heteroatoms. The van der Waals surface area contributed by atoms with Crippen molar-refractivity contribution in [1.82, 2.24) is 10.2 Å². The molecule has 1 amide bonds. The first-order valence-corrected chi connectivity index (χ1v) is 7.96. The van der Waals surface area contributed by atoms with Gasteiger partial charge in [-0.25, -0.2) is 0 Å². The fourth-order valence-corrected chi connectivity index (χ4v) is 1.81. The lowest BCUT2D eigenvalue weighted by molar-refractivity contribution is -0.130. The van der Waals surface area contributed by atoms with Crippen molar-refractivity contribution in [3.8, 4) is 0 Å². The van der Waals surface area contributed by atoms with Gasteiger partial charge >= 0.3 is 0 Å². The first-order chi connectivity index (χ1) is 9.07. The molecule has 0 aromatic heterocycles. The van der Waals surface area contributed by atoms with Crippen molar-refractivity contribution in [2.75, 3.05) is 27.2 Å². The van der Waals surface area contributed by atoms with Crippen LogP contribution in [0.5, 0.6) is 0 Å². The summed E-state index contributed by atoms with van der Waals surface area (Å²) < 4.78 is 0. The second-order valence-corrected chi connectivity index (χ2v) is 5.27. The molecule has 0 fully saturated rings. The van der Waals surface area contributed by atoms with Crippen LogP contribution in [0.15, 0.2) is 0 Å². The standard InChI is InChI=1S/C14H30N2O.C2H6/c1-13(2)9-8-12-16(4)14(17)10-6-5-7-11-15-3;1-2/h13,15H,5-12H2,1-4H3;1-2H3. The van der Waals surface area contributed by atoms with Gasteiger partial charge < -0.3 is 10.2 Å². The summed E-state index contributed by atoms with van der Waals surface area (Å²) in [6, 6.07) is 0. The van der Waals surface area contributed by atoms with Crippen molar-refractivity contribution in [2.45, 2.75) is 66.2 Å². The molecule has 116 valence electrons. The largest absolute Gasteiger partial charge is 0.346 e. The van der Waals surface area contributed by atoms with Crippen molar-refractivity contribution < 1.29 is 4.79 Å². The van der Waals surface area contributed by atoms with E-state index in [-0.39, 0.29) is 0 Å². The van der Waals surface area contributed by atoms with Gasteiger partial charge in [0.15, 0.2) is 0 Å². The Morgan fingerprint density at radius 2 is 1.74 bits per heavy atom. The topological polar surface area (TPSA) is 32.3 Å². The van der Waals surface area contributed by atoms with Crippen LogP contribution in [0.3, 0.4) is 0 Å². The van der Waals surface area contributed by atoms with Crippen LogP contribution < -0.4 is 5.32 Å². The molecule has 1 N–H and O–H groups in total. The first kappa shape index (κ1) is 20.7. The highest BCUT2D eigenvalue weighted by molar-refractivity contribution is 5.75.